The molecule has 1 aliphatic carbocycles. The molecular formula is C22H21ClN6O3S. The smallest absolute Gasteiger partial charge is 0.240 e. The topological polar surface area (TPSA) is 125 Å². The summed E-state index contributed by atoms with van der Waals surface area (Å²) in [5, 5.41) is 9.40. The lowest BCUT2D eigenvalue weighted by Gasteiger charge is -2.18. The number of hydrogen-bond acceptors (Lipinski definition) is 7. The highest BCUT2D eigenvalue weighted by Gasteiger charge is 2.28. The van der Waals surface area contributed by atoms with E-state index >= 15 is 0 Å². The first-order valence-corrected chi connectivity index (χ1v) is 12.3. The van der Waals surface area contributed by atoms with Crippen LogP contribution in [0, 0.1) is 0 Å². The van der Waals surface area contributed by atoms with Crippen molar-refractivity contribution >= 4 is 56.4 Å². The fraction of sp³-hybridized carbons (Fsp3) is 0.227. The average Bonchev–Trinajstić information content (AvgIpc) is 3.60. The fourth-order valence-corrected chi connectivity index (χ4v) is 4.96. The summed E-state index contributed by atoms with van der Waals surface area (Å²) >= 11 is 6.29. The lowest BCUT2D eigenvalue weighted by atomic mass is 10.0. The summed E-state index contributed by atoms with van der Waals surface area (Å²) in [5.41, 5.74) is 3.14. The quantitative estimate of drug-likeness (QED) is 0.400. The van der Waals surface area contributed by atoms with Gasteiger partial charge < -0.3 is 16.0 Å². The van der Waals surface area contributed by atoms with E-state index in [0.29, 0.717) is 29.4 Å². The molecule has 1 fully saturated rings. The van der Waals surface area contributed by atoms with Crippen molar-refractivity contribution in [3.63, 3.8) is 0 Å². The van der Waals surface area contributed by atoms with E-state index in [4.69, 9.17) is 11.6 Å². The van der Waals surface area contributed by atoms with Gasteiger partial charge in [-0.05, 0) is 61.2 Å². The Kier molecular flexibility index (Phi) is 5.65. The van der Waals surface area contributed by atoms with Crippen LogP contribution in [0.3, 0.4) is 0 Å². The maximum atomic E-state index is 12.5. The summed E-state index contributed by atoms with van der Waals surface area (Å²) < 4.78 is 27.6. The second kappa shape index (κ2) is 8.62. The molecule has 2 aliphatic rings. The van der Waals surface area contributed by atoms with Gasteiger partial charge in [-0.25, -0.2) is 18.1 Å². The van der Waals surface area contributed by atoms with Crippen molar-refractivity contribution in [2.75, 3.05) is 16.0 Å². The standard InChI is InChI=1S/C22H21ClN6O3S/c23-18-12-24-22(26-15-2-1-3-17(11-15)33(31,32)29-14-5-6-14)28-21(18)25-16-7-8-19-13(10-16)4-9-20(30)27-19/h1-3,7-8,10-12,14,29H,4-6,9H2,(H,27,30)(H2,24,25,26,28). The molecule has 0 saturated heterocycles. The third kappa shape index (κ3) is 5.08. The zero-order chi connectivity index (χ0) is 23.0. The van der Waals surface area contributed by atoms with Crippen molar-refractivity contribution < 1.29 is 13.2 Å². The highest BCUT2D eigenvalue weighted by atomic mass is 35.5. The number of carbonyl (C=O) groups is 1. The van der Waals surface area contributed by atoms with Gasteiger partial charge in [0.15, 0.2) is 5.82 Å². The molecule has 9 nitrogen and oxygen atoms in total. The third-order valence-electron chi connectivity index (χ3n) is 5.31. The van der Waals surface area contributed by atoms with Crippen molar-refractivity contribution in [2.45, 2.75) is 36.6 Å². The molecule has 33 heavy (non-hydrogen) atoms. The van der Waals surface area contributed by atoms with Crippen LogP contribution in [-0.2, 0) is 21.2 Å². The van der Waals surface area contributed by atoms with E-state index in [-0.39, 0.29) is 22.8 Å². The molecule has 4 N–H and O–H groups in total. The van der Waals surface area contributed by atoms with Gasteiger partial charge in [0, 0.05) is 29.5 Å². The minimum absolute atomic E-state index is 0.0120. The van der Waals surface area contributed by atoms with E-state index in [2.05, 4.69) is 30.6 Å². The summed E-state index contributed by atoms with van der Waals surface area (Å²) in [7, 11) is -3.57. The number of nitrogens with one attached hydrogen (secondary N) is 4. The highest BCUT2D eigenvalue weighted by Crippen LogP contribution is 2.30. The van der Waals surface area contributed by atoms with E-state index in [1.165, 1.54) is 12.3 Å². The number of halogens is 1. The highest BCUT2D eigenvalue weighted by molar-refractivity contribution is 7.89. The first kappa shape index (κ1) is 21.6. The average molecular weight is 485 g/mol. The molecule has 1 aliphatic heterocycles. The Hall–Kier alpha value is -3.21. The minimum Gasteiger partial charge on any atom is -0.339 e. The molecule has 0 bridgehead atoms. The maximum absolute atomic E-state index is 12.5. The molecule has 1 saturated carbocycles. The molecule has 1 amide bonds. The van der Waals surface area contributed by atoms with Crippen LogP contribution in [0.5, 0.6) is 0 Å². The first-order chi connectivity index (χ1) is 15.9. The number of hydrogen-bond donors (Lipinski definition) is 4. The number of fused-ring (bicyclic) bond motifs is 1. The number of rotatable bonds is 7. The second-order valence-electron chi connectivity index (χ2n) is 7.98. The zero-order valence-corrected chi connectivity index (χ0v) is 19.0. The lowest BCUT2D eigenvalue weighted by Crippen LogP contribution is -2.25. The Balaban J connectivity index is 1.34. The van der Waals surface area contributed by atoms with Gasteiger partial charge in [0.25, 0.3) is 0 Å². The Labute approximate surface area is 196 Å². The monoisotopic (exact) mass is 484 g/mol. The normalized spacial score (nSPS) is 15.5. The Bertz CT molecular complexity index is 1340. The summed E-state index contributed by atoms with van der Waals surface area (Å²) in [5.74, 6) is 0.669. The zero-order valence-electron chi connectivity index (χ0n) is 17.4. The van der Waals surface area contributed by atoms with Crippen LogP contribution in [0.25, 0.3) is 0 Å². The molecule has 5 rings (SSSR count). The number of aromatic nitrogens is 2. The molecule has 0 atom stereocenters. The van der Waals surface area contributed by atoms with Gasteiger partial charge in [0.05, 0.1) is 11.1 Å². The third-order valence-corrected chi connectivity index (χ3v) is 7.10. The number of sulfonamides is 1. The van der Waals surface area contributed by atoms with Crippen LogP contribution in [0.1, 0.15) is 24.8 Å². The van der Waals surface area contributed by atoms with E-state index in [1.807, 2.05) is 18.2 Å². The molecule has 170 valence electrons. The van der Waals surface area contributed by atoms with Crippen molar-refractivity contribution in [1.29, 1.82) is 0 Å². The van der Waals surface area contributed by atoms with E-state index in [1.54, 1.807) is 18.2 Å². The molecule has 0 radical (unpaired) electrons. The Morgan fingerprint density at radius 2 is 1.85 bits per heavy atom. The largest absolute Gasteiger partial charge is 0.339 e. The van der Waals surface area contributed by atoms with Crippen LogP contribution in [0.4, 0.5) is 28.8 Å². The Morgan fingerprint density at radius 1 is 1.03 bits per heavy atom. The van der Waals surface area contributed by atoms with E-state index in [0.717, 1.165) is 29.8 Å². The molecule has 3 aromatic rings. The SMILES string of the molecule is O=C1CCc2cc(Nc3nc(Nc4cccc(S(=O)(=O)NC5CC5)c4)ncc3Cl)ccc2N1. The Morgan fingerprint density at radius 3 is 2.67 bits per heavy atom. The molecule has 11 heteroatoms. The number of nitrogens with zero attached hydrogens (tertiary/aromatic N) is 2. The van der Waals surface area contributed by atoms with Crippen LogP contribution >= 0.6 is 11.6 Å². The first-order valence-electron chi connectivity index (χ1n) is 10.5. The number of benzene rings is 2. The van der Waals surface area contributed by atoms with Crippen molar-refractivity contribution in [1.82, 2.24) is 14.7 Å². The van der Waals surface area contributed by atoms with Crippen LogP contribution in [0.15, 0.2) is 53.6 Å². The van der Waals surface area contributed by atoms with Gasteiger partial charge in [-0.3, -0.25) is 4.79 Å². The van der Waals surface area contributed by atoms with Gasteiger partial charge in [-0.2, -0.15) is 4.98 Å². The van der Waals surface area contributed by atoms with Crippen LogP contribution < -0.4 is 20.7 Å². The van der Waals surface area contributed by atoms with Crippen LogP contribution in [0.2, 0.25) is 5.02 Å². The maximum Gasteiger partial charge on any atom is 0.240 e. The van der Waals surface area contributed by atoms with Crippen molar-refractivity contribution in [3.05, 3.63) is 59.2 Å². The number of aryl methyl sites for hydroxylation is 1. The summed E-state index contributed by atoms with van der Waals surface area (Å²) in [4.78, 5) is 20.4. The molecule has 2 aromatic carbocycles. The van der Waals surface area contributed by atoms with Gasteiger partial charge in [-0.1, -0.05) is 17.7 Å². The number of amides is 1. The molecule has 0 unspecified atom stereocenters. The van der Waals surface area contributed by atoms with Crippen LogP contribution in [-0.4, -0.2) is 30.3 Å². The van der Waals surface area contributed by atoms with Gasteiger partial charge >= 0.3 is 0 Å². The molecular weight excluding hydrogens is 464 g/mol. The summed E-state index contributed by atoms with van der Waals surface area (Å²) in [6.07, 6.45) is 4.31. The molecule has 2 heterocycles. The molecule has 0 spiro atoms. The predicted molar refractivity (Wildman–Crippen MR) is 127 cm³/mol. The van der Waals surface area contributed by atoms with E-state index in [9.17, 15) is 13.2 Å². The lowest BCUT2D eigenvalue weighted by molar-refractivity contribution is -0.116. The van der Waals surface area contributed by atoms with E-state index < -0.39 is 10.0 Å². The van der Waals surface area contributed by atoms with Gasteiger partial charge in [0.1, 0.15) is 5.02 Å². The second-order valence-corrected chi connectivity index (χ2v) is 10.1. The van der Waals surface area contributed by atoms with Crippen molar-refractivity contribution in [3.8, 4) is 0 Å². The predicted octanol–water partition coefficient (Wildman–Crippen LogP) is 3.94. The summed E-state index contributed by atoms with van der Waals surface area (Å²) in [6, 6.07) is 12.1. The number of anilines is 5. The van der Waals surface area contributed by atoms with Gasteiger partial charge in [0.2, 0.25) is 21.9 Å². The minimum atomic E-state index is -3.57. The van der Waals surface area contributed by atoms with Gasteiger partial charge in [-0.15, -0.1) is 0 Å². The fourth-order valence-electron chi connectivity index (χ4n) is 3.47. The number of carbonyl (C=O) groups excluding carboxylic acids is 1. The molecule has 1 aromatic heterocycles. The summed E-state index contributed by atoms with van der Waals surface area (Å²) in [6.45, 7) is 0. The van der Waals surface area contributed by atoms with Crippen molar-refractivity contribution in [2.24, 2.45) is 0 Å².